The minimum Gasteiger partial charge on any atom is -0.0843 e. The second kappa shape index (κ2) is 14.1. The molecule has 0 heterocycles. The molecule has 0 fully saturated rings. The highest BCUT2D eigenvalue weighted by molar-refractivity contribution is 6.68. The van der Waals surface area contributed by atoms with Gasteiger partial charge in [-0.3, -0.25) is 0 Å². The zero-order valence-electron chi connectivity index (χ0n) is 19.2. The van der Waals surface area contributed by atoms with Crippen LogP contribution in [0.3, 0.4) is 0 Å². The summed E-state index contributed by atoms with van der Waals surface area (Å²) in [5.74, 6) is -0.838. The Morgan fingerprint density at radius 1 is 0.395 bits per heavy atom. The number of alkyl halides is 6. The summed E-state index contributed by atoms with van der Waals surface area (Å²) in [6, 6.07) is 29.0. The van der Waals surface area contributed by atoms with Crippen LogP contribution in [0.15, 0.2) is 97.1 Å². The minimum atomic E-state index is -1.50. The molecule has 0 aliphatic rings. The molecule has 0 unspecified atom stereocenters. The van der Waals surface area contributed by atoms with Crippen LogP contribution < -0.4 is 0 Å². The minimum absolute atomic E-state index is 0.382. The molecule has 0 amide bonds. The van der Waals surface area contributed by atoms with Gasteiger partial charge in [-0.2, -0.15) is 0 Å². The fourth-order valence-electron chi connectivity index (χ4n) is 3.79. The third-order valence-corrected chi connectivity index (χ3v) is 7.89. The zero-order chi connectivity index (χ0) is 28.1. The third kappa shape index (κ3) is 9.15. The number of rotatable bonds is 4. The van der Waals surface area contributed by atoms with E-state index in [1.54, 1.807) is 42.5 Å². The van der Waals surface area contributed by atoms with E-state index in [0.717, 1.165) is 22.3 Å². The smallest absolute Gasteiger partial charge is 0.0843 e. The summed E-state index contributed by atoms with van der Waals surface area (Å²) in [5, 5.41) is 2.48. The Bertz CT molecular complexity index is 1260. The van der Waals surface area contributed by atoms with Gasteiger partial charge >= 0.3 is 0 Å². The summed E-state index contributed by atoms with van der Waals surface area (Å²) in [6.07, 6.45) is 0. The summed E-state index contributed by atoms with van der Waals surface area (Å²) in [6.45, 7) is 0. The van der Waals surface area contributed by atoms with Crippen molar-refractivity contribution in [1.82, 2.24) is 0 Å². The zero-order valence-corrected chi connectivity index (χ0v) is 26.7. The van der Waals surface area contributed by atoms with E-state index < -0.39 is 13.5 Å². The molecule has 0 aliphatic heterocycles. The quantitative estimate of drug-likeness (QED) is 0.185. The van der Waals surface area contributed by atoms with Gasteiger partial charge in [-0.05, 0) is 64.7 Å². The van der Waals surface area contributed by atoms with E-state index in [1.807, 2.05) is 54.6 Å². The largest absolute Gasteiger partial charge is 0.201 e. The standard InChI is InChI=1S/2C14H9Cl5/c15-11-5-1-9(2-6-11)13(14(17,18)19)10-3-7-12(16)8-4-10;15-10-7-5-9(6-8-10)13(14(17,18)19)11-3-1-2-4-12(11)16/h2*1-8,13H/t;13-/m.0/s1. The van der Waals surface area contributed by atoms with Gasteiger partial charge in [0.05, 0.1) is 11.8 Å². The van der Waals surface area contributed by atoms with Crippen LogP contribution >= 0.6 is 116 Å². The lowest BCUT2D eigenvalue weighted by Gasteiger charge is -2.26. The van der Waals surface area contributed by atoms with Gasteiger partial charge in [-0.25, -0.2) is 0 Å². The molecule has 0 aliphatic carbocycles. The van der Waals surface area contributed by atoms with Gasteiger partial charge in [0.1, 0.15) is 0 Å². The fraction of sp³-hybridized carbons (Fsp3) is 0.143. The van der Waals surface area contributed by atoms with Crippen molar-refractivity contribution < 1.29 is 0 Å². The lowest BCUT2D eigenvalue weighted by molar-refractivity contribution is 0.839. The van der Waals surface area contributed by atoms with Crippen LogP contribution in [0.2, 0.25) is 20.1 Å². The molecule has 1 atom stereocenters. The molecule has 10 heteroatoms. The van der Waals surface area contributed by atoms with Crippen LogP contribution in [0.5, 0.6) is 0 Å². The number of hydrogen-bond acceptors (Lipinski definition) is 0. The SMILES string of the molecule is Clc1ccc(C(c2ccc(Cl)cc2)C(Cl)(Cl)Cl)cc1.Clc1ccc([C@@H](c2ccccc2Cl)C(Cl)(Cl)Cl)cc1. The third-order valence-electron chi connectivity index (χ3n) is 5.48. The van der Waals surface area contributed by atoms with Crippen molar-refractivity contribution in [3.63, 3.8) is 0 Å². The molecule has 0 aromatic heterocycles. The van der Waals surface area contributed by atoms with Crippen LogP contribution in [0.4, 0.5) is 0 Å². The molecule has 4 aromatic carbocycles. The van der Waals surface area contributed by atoms with Crippen LogP contribution in [0.1, 0.15) is 34.1 Å². The lowest BCUT2D eigenvalue weighted by Crippen LogP contribution is -2.18. The lowest BCUT2D eigenvalue weighted by atomic mass is 9.92. The normalized spacial score (nSPS) is 12.6. The molecule has 0 N–H and O–H groups in total. The molecule has 38 heavy (non-hydrogen) atoms. The first-order valence-electron chi connectivity index (χ1n) is 10.9. The van der Waals surface area contributed by atoms with Gasteiger partial charge in [0, 0.05) is 20.1 Å². The van der Waals surface area contributed by atoms with Gasteiger partial charge in [0.2, 0.25) is 7.59 Å². The maximum Gasteiger partial charge on any atom is 0.201 e. The van der Waals surface area contributed by atoms with Crippen LogP contribution in [-0.2, 0) is 0 Å². The molecule has 0 bridgehead atoms. The predicted octanol–water partition coefficient (Wildman–Crippen LogP) is 13.0. The highest BCUT2D eigenvalue weighted by Gasteiger charge is 2.36. The topological polar surface area (TPSA) is 0 Å². The summed E-state index contributed by atoms with van der Waals surface area (Å²) in [7, 11) is 0. The molecule has 4 rings (SSSR count). The van der Waals surface area contributed by atoms with Crippen molar-refractivity contribution in [2.45, 2.75) is 19.4 Å². The molecule has 0 nitrogen and oxygen atoms in total. The van der Waals surface area contributed by atoms with Crippen molar-refractivity contribution in [1.29, 1.82) is 0 Å². The van der Waals surface area contributed by atoms with E-state index in [4.69, 9.17) is 116 Å². The highest BCUT2D eigenvalue weighted by Crippen LogP contribution is 2.48. The predicted molar refractivity (Wildman–Crippen MR) is 170 cm³/mol. The van der Waals surface area contributed by atoms with Crippen molar-refractivity contribution in [2.24, 2.45) is 0 Å². The van der Waals surface area contributed by atoms with Gasteiger partial charge < -0.3 is 0 Å². The van der Waals surface area contributed by atoms with Crippen molar-refractivity contribution in [2.75, 3.05) is 0 Å². The summed E-state index contributed by atoms with van der Waals surface area (Å²) >= 11 is 60.5. The molecule has 0 saturated heterocycles. The molecular formula is C28H18Cl10. The number of halogens is 10. The van der Waals surface area contributed by atoms with Gasteiger partial charge in [0.15, 0.2) is 0 Å². The second-order valence-electron chi connectivity index (χ2n) is 8.13. The first-order valence-corrected chi connectivity index (χ1v) is 14.7. The van der Waals surface area contributed by atoms with E-state index in [1.165, 1.54) is 0 Å². The van der Waals surface area contributed by atoms with Gasteiger partial charge in [0.25, 0.3) is 0 Å². The number of benzene rings is 4. The average Bonchev–Trinajstić information content (AvgIpc) is 2.83. The van der Waals surface area contributed by atoms with Gasteiger partial charge in [-0.15, -0.1) is 0 Å². The Kier molecular flexibility index (Phi) is 12.0. The Labute approximate surface area is 272 Å². The molecule has 0 spiro atoms. The maximum atomic E-state index is 6.20. The van der Waals surface area contributed by atoms with Crippen LogP contribution in [0, 0.1) is 0 Å². The Morgan fingerprint density at radius 3 is 1.03 bits per heavy atom. The van der Waals surface area contributed by atoms with E-state index in [-0.39, 0.29) is 5.92 Å². The Morgan fingerprint density at radius 2 is 0.711 bits per heavy atom. The summed E-state index contributed by atoms with van der Waals surface area (Å²) < 4.78 is -2.96. The Balaban J connectivity index is 0.000000211. The van der Waals surface area contributed by atoms with Crippen molar-refractivity contribution in [3.8, 4) is 0 Å². The molecular weight excluding hydrogens is 691 g/mol. The van der Waals surface area contributed by atoms with E-state index >= 15 is 0 Å². The van der Waals surface area contributed by atoms with Crippen LogP contribution in [0.25, 0.3) is 0 Å². The molecule has 4 aromatic rings. The van der Waals surface area contributed by atoms with Crippen molar-refractivity contribution in [3.05, 3.63) is 139 Å². The van der Waals surface area contributed by atoms with Crippen LogP contribution in [-0.4, -0.2) is 7.59 Å². The highest BCUT2D eigenvalue weighted by atomic mass is 35.6. The number of hydrogen-bond donors (Lipinski definition) is 0. The first-order chi connectivity index (χ1) is 17.8. The van der Waals surface area contributed by atoms with Crippen molar-refractivity contribution >= 4 is 116 Å². The molecule has 0 radical (unpaired) electrons. The fourth-order valence-corrected chi connectivity index (χ4v) is 5.90. The summed E-state index contributed by atoms with van der Waals surface area (Å²) in [5.41, 5.74) is 3.38. The van der Waals surface area contributed by atoms with E-state index in [0.29, 0.717) is 20.1 Å². The monoisotopic (exact) mass is 704 g/mol. The molecule has 200 valence electrons. The van der Waals surface area contributed by atoms with E-state index in [2.05, 4.69) is 0 Å². The molecule has 0 saturated carbocycles. The second-order valence-corrected chi connectivity index (χ2v) is 14.6. The van der Waals surface area contributed by atoms with E-state index in [9.17, 15) is 0 Å². The maximum absolute atomic E-state index is 6.20. The Hall–Kier alpha value is -0.220. The average molecular weight is 709 g/mol. The van der Waals surface area contributed by atoms with Gasteiger partial charge in [-0.1, -0.05) is 171 Å². The first kappa shape index (κ1) is 32.3. The summed E-state index contributed by atoms with van der Waals surface area (Å²) in [4.78, 5) is 0.